The van der Waals surface area contributed by atoms with Crippen molar-refractivity contribution in [3.63, 3.8) is 0 Å². The van der Waals surface area contributed by atoms with Crippen molar-refractivity contribution in [1.82, 2.24) is 10.3 Å². The fraction of sp³-hybridized carbons (Fsp3) is 0.0667. The minimum absolute atomic E-state index is 0.0271. The molecule has 0 atom stereocenters. The molecule has 0 radical (unpaired) electrons. The third kappa shape index (κ3) is 3.11. The van der Waals surface area contributed by atoms with Crippen LogP contribution >= 0.6 is 27.3 Å². The Hall–Kier alpha value is -1.79. The number of hydrogen-bond donors (Lipinski definition) is 1. The summed E-state index contributed by atoms with van der Waals surface area (Å²) in [5, 5.41) is 3.48. The molecule has 0 bridgehead atoms. The first-order valence-corrected chi connectivity index (χ1v) is 7.82. The summed E-state index contributed by atoms with van der Waals surface area (Å²) in [5.74, 6) is -0.995. The maximum absolute atomic E-state index is 13.7. The van der Waals surface area contributed by atoms with Crippen LogP contribution in [0.15, 0.2) is 46.9 Å². The highest BCUT2D eigenvalue weighted by molar-refractivity contribution is 9.10. The van der Waals surface area contributed by atoms with Gasteiger partial charge in [0.2, 0.25) is 0 Å². The van der Waals surface area contributed by atoms with Gasteiger partial charge in [0.15, 0.2) is 0 Å². The Morgan fingerprint density at radius 2 is 2.10 bits per heavy atom. The SMILES string of the molecule is O=C(NCc1nc2ccccc2s1)c1ccc(Br)cc1F. The van der Waals surface area contributed by atoms with Crippen LogP contribution in [0.4, 0.5) is 4.39 Å². The lowest BCUT2D eigenvalue weighted by Crippen LogP contribution is -2.23. The molecule has 0 spiro atoms. The fourth-order valence-electron chi connectivity index (χ4n) is 1.92. The lowest BCUT2D eigenvalue weighted by molar-refractivity contribution is 0.0947. The van der Waals surface area contributed by atoms with Gasteiger partial charge in [0, 0.05) is 4.47 Å². The quantitative estimate of drug-likeness (QED) is 0.759. The number of para-hydroxylation sites is 1. The molecule has 0 unspecified atom stereocenters. The van der Waals surface area contributed by atoms with Crippen molar-refractivity contribution in [2.24, 2.45) is 0 Å². The molecule has 0 saturated carbocycles. The molecule has 3 rings (SSSR count). The van der Waals surface area contributed by atoms with Crippen molar-refractivity contribution in [3.8, 4) is 0 Å². The minimum atomic E-state index is -0.550. The van der Waals surface area contributed by atoms with Crippen LogP contribution in [0, 0.1) is 5.82 Å². The standard InChI is InChI=1S/C15H10BrFN2OS/c16-9-5-6-10(11(17)7-9)15(20)18-8-14-19-12-3-1-2-4-13(12)21-14/h1-7H,8H2,(H,18,20). The molecule has 0 aliphatic carbocycles. The van der Waals surface area contributed by atoms with E-state index in [1.54, 1.807) is 6.07 Å². The van der Waals surface area contributed by atoms with Crippen LogP contribution in [0.5, 0.6) is 0 Å². The van der Waals surface area contributed by atoms with Gasteiger partial charge in [0.1, 0.15) is 10.8 Å². The van der Waals surface area contributed by atoms with Gasteiger partial charge in [0.25, 0.3) is 5.91 Å². The smallest absolute Gasteiger partial charge is 0.254 e. The van der Waals surface area contributed by atoms with E-state index in [2.05, 4.69) is 26.2 Å². The topological polar surface area (TPSA) is 42.0 Å². The zero-order valence-corrected chi connectivity index (χ0v) is 13.2. The van der Waals surface area contributed by atoms with Crippen molar-refractivity contribution in [2.45, 2.75) is 6.54 Å². The van der Waals surface area contributed by atoms with Gasteiger partial charge in [0.05, 0.1) is 22.3 Å². The molecule has 21 heavy (non-hydrogen) atoms. The number of amides is 1. The predicted molar refractivity (Wildman–Crippen MR) is 84.9 cm³/mol. The Kier molecular flexibility index (Phi) is 3.98. The Morgan fingerprint density at radius 1 is 1.29 bits per heavy atom. The number of halogens is 2. The molecule has 0 aliphatic heterocycles. The molecular weight excluding hydrogens is 355 g/mol. The van der Waals surface area contributed by atoms with Gasteiger partial charge in [-0.1, -0.05) is 28.1 Å². The summed E-state index contributed by atoms with van der Waals surface area (Å²) in [5.41, 5.74) is 0.931. The van der Waals surface area contributed by atoms with E-state index in [0.29, 0.717) is 4.47 Å². The first kappa shape index (κ1) is 14.2. The molecule has 3 aromatic rings. The Morgan fingerprint density at radius 3 is 2.86 bits per heavy atom. The molecule has 0 saturated heterocycles. The van der Waals surface area contributed by atoms with Crippen LogP contribution in [-0.4, -0.2) is 10.9 Å². The van der Waals surface area contributed by atoms with Crippen LogP contribution < -0.4 is 5.32 Å². The van der Waals surface area contributed by atoms with Crippen molar-refractivity contribution in [3.05, 3.63) is 63.3 Å². The molecule has 6 heteroatoms. The van der Waals surface area contributed by atoms with Gasteiger partial charge in [-0.15, -0.1) is 11.3 Å². The van der Waals surface area contributed by atoms with E-state index in [1.165, 1.54) is 23.5 Å². The lowest BCUT2D eigenvalue weighted by Gasteiger charge is -2.04. The summed E-state index contributed by atoms with van der Waals surface area (Å²) in [6.07, 6.45) is 0. The Labute approximate surface area is 133 Å². The van der Waals surface area contributed by atoms with E-state index < -0.39 is 11.7 Å². The van der Waals surface area contributed by atoms with E-state index in [9.17, 15) is 9.18 Å². The van der Waals surface area contributed by atoms with Crippen molar-refractivity contribution >= 4 is 43.4 Å². The number of thiazole rings is 1. The first-order chi connectivity index (χ1) is 10.1. The van der Waals surface area contributed by atoms with E-state index in [0.717, 1.165) is 15.2 Å². The first-order valence-electron chi connectivity index (χ1n) is 6.21. The number of carbonyl (C=O) groups is 1. The average Bonchev–Trinajstić information content (AvgIpc) is 2.87. The number of nitrogens with zero attached hydrogens (tertiary/aromatic N) is 1. The molecule has 1 amide bonds. The van der Waals surface area contributed by atoms with Crippen molar-refractivity contribution in [2.75, 3.05) is 0 Å². The molecule has 0 fully saturated rings. The number of fused-ring (bicyclic) bond motifs is 1. The molecular formula is C15H10BrFN2OS. The summed E-state index contributed by atoms with van der Waals surface area (Å²) in [7, 11) is 0. The van der Waals surface area contributed by atoms with Crippen LogP contribution in [0.1, 0.15) is 15.4 Å². The van der Waals surface area contributed by atoms with E-state index in [-0.39, 0.29) is 12.1 Å². The van der Waals surface area contributed by atoms with Gasteiger partial charge in [-0.3, -0.25) is 4.79 Å². The maximum Gasteiger partial charge on any atom is 0.254 e. The molecule has 106 valence electrons. The normalized spacial score (nSPS) is 10.8. The van der Waals surface area contributed by atoms with Gasteiger partial charge in [-0.05, 0) is 30.3 Å². The summed E-state index contributed by atoms with van der Waals surface area (Å²) in [6.45, 7) is 0.285. The molecule has 0 aliphatic rings. The molecule has 1 N–H and O–H groups in total. The maximum atomic E-state index is 13.7. The second-order valence-corrected chi connectivity index (χ2v) is 6.41. The van der Waals surface area contributed by atoms with Gasteiger partial charge < -0.3 is 5.32 Å². The summed E-state index contributed by atoms with van der Waals surface area (Å²) in [4.78, 5) is 16.4. The van der Waals surface area contributed by atoms with E-state index >= 15 is 0 Å². The second kappa shape index (κ2) is 5.91. The van der Waals surface area contributed by atoms with E-state index in [1.807, 2.05) is 24.3 Å². The number of hydrogen-bond acceptors (Lipinski definition) is 3. The highest BCUT2D eigenvalue weighted by atomic mass is 79.9. The fourth-order valence-corrected chi connectivity index (χ4v) is 3.16. The third-order valence-electron chi connectivity index (χ3n) is 2.91. The zero-order chi connectivity index (χ0) is 14.8. The summed E-state index contributed by atoms with van der Waals surface area (Å²) < 4.78 is 15.4. The molecule has 1 aromatic heterocycles. The van der Waals surface area contributed by atoms with Gasteiger partial charge in [-0.25, -0.2) is 9.37 Å². The second-order valence-electron chi connectivity index (χ2n) is 4.38. The number of rotatable bonds is 3. The van der Waals surface area contributed by atoms with Gasteiger partial charge >= 0.3 is 0 Å². The minimum Gasteiger partial charge on any atom is -0.345 e. The van der Waals surface area contributed by atoms with Crippen LogP contribution in [0.2, 0.25) is 0 Å². The average molecular weight is 365 g/mol. The number of aromatic nitrogens is 1. The lowest BCUT2D eigenvalue weighted by atomic mass is 10.2. The largest absolute Gasteiger partial charge is 0.345 e. The van der Waals surface area contributed by atoms with E-state index in [4.69, 9.17) is 0 Å². The van der Waals surface area contributed by atoms with Crippen LogP contribution in [0.3, 0.4) is 0 Å². The monoisotopic (exact) mass is 364 g/mol. The van der Waals surface area contributed by atoms with Crippen molar-refractivity contribution < 1.29 is 9.18 Å². The Bertz CT molecular complexity index is 785. The molecule has 2 aromatic carbocycles. The summed E-state index contributed by atoms with van der Waals surface area (Å²) >= 11 is 4.67. The zero-order valence-electron chi connectivity index (χ0n) is 10.8. The molecule has 3 nitrogen and oxygen atoms in total. The van der Waals surface area contributed by atoms with Crippen molar-refractivity contribution in [1.29, 1.82) is 0 Å². The number of nitrogens with one attached hydrogen (secondary N) is 1. The highest BCUT2D eigenvalue weighted by Crippen LogP contribution is 2.21. The van der Waals surface area contributed by atoms with Gasteiger partial charge in [-0.2, -0.15) is 0 Å². The molecule has 1 heterocycles. The number of benzene rings is 2. The predicted octanol–water partition coefficient (Wildman–Crippen LogP) is 4.13. The Balaban J connectivity index is 1.73. The van der Waals surface area contributed by atoms with Crippen LogP contribution in [-0.2, 0) is 6.54 Å². The summed E-state index contributed by atoms with van der Waals surface area (Å²) in [6, 6.07) is 12.1. The highest BCUT2D eigenvalue weighted by Gasteiger charge is 2.12. The third-order valence-corrected chi connectivity index (χ3v) is 4.44. The number of carbonyl (C=O) groups excluding carboxylic acids is 1. The van der Waals surface area contributed by atoms with Crippen LogP contribution in [0.25, 0.3) is 10.2 Å².